The van der Waals surface area contributed by atoms with E-state index in [1.54, 1.807) is 0 Å². The van der Waals surface area contributed by atoms with E-state index in [1.165, 1.54) is 51.9 Å². The first-order chi connectivity index (χ1) is 20.7. The summed E-state index contributed by atoms with van der Waals surface area (Å²) in [5.41, 5.74) is 0. The second-order valence-electron chi connectivity index (χ2n) is 8.61. The van der Waals surface area contributed by atoms with Crippen LogP contribution in [-0.2, 0) is 28.2 Å². The van der Waals surface area contributed by atoms with Crippen LogP contribution in [0.2, 0.25) is 0 Å². The van der Waals surface area contributed by atoms with E-state index in [-0.39, 0.29) is 90.1 Å². The molecule has 0 rings (SSSR count). The van der Waals surface area contributed by atoms with Crippen molar-refractivity contribution in [3.8, 4) is 70.9 Å². The van der Waals surface area contributed by atoms with Crippen molar-refractivity contribution in [3.05, 3.63) is 0 Å². The standard InChI is InChI=1S/C18H37O8P.C14H4OS.2Na.9H2/c1-2-3-4-5-6-7-8-9-10-11-12-13-18(20)26-17(14-24-16-19)15-25-27(21,22)23;1-3-4-5-6-7-8-9-10-11-12-13-16-14(2)15;;;;;;;;;;;/h17,19H,2-16H2,1H3,(H2,21,22,23);1H,2H3;;;9*1H/q;;2*+1;;;;;;;;;/p-2/t17-;;;;;;;;;;;;/m0............/s1. The van der Waals surface area contributed by atoms with Crippen LogP contribution in [0.1, 0.15) is 104 Å². The zero-order valence-corrected chi connectivity index (χ0v) is 32.5. The molecule has 0 aliphatic carbocycles. The van der Waals surface area contributed by atoms with Gasteiger partial charge in [0.25, 0.3) is 0 Å². The van der Waals surface area contributed by atoms with E-state index in [9.17, 15) is 23.9 Å². The Kier molecular flexibility index (Phi) is 44.0. The van der Waals surface area contributed by atoms with Crippen molar-refractivity contribution in [1.29, 1.82) is 0 Å². The van der Waals surface area contributed by atoms with Gasteiger partial charge in [0.15, 0.2) is 5.12 Å². The number of carbonyl (C=O) groups is 2. The Bertz CT molecular complexity index is 1240. The van der Waals surface area contributed by atoms with Crippen LogP contribution in [0, 0.1) is 70.9 Å². The van der Waals surface area contributed by atoms with Gasteiger partial charge in [-0.15, -0.1) is 6.42 Å². The predicted octanol–water partition coefficient (Wildman–Crippen LogP) is -0.493. The van der Waals surface area contributed by atoms with E-state index < -0.39 is 33.3 Å². The van der Waals surface area contributed by atoms with E-state index in [2.05, 4.69) is 80.6 Å². The van der Waals surface area contributed by atoms with Gasteiger partial charge in [0.2, 0.25) is 0 Å². The quantitative estimate of drug-likeness (QED) is 0.0470. The molecule has 0 saturated carbocycles. The molecule has 9 nitrogen and oxygen atoms in total. The molecular weight excluding hydrogens is 637 g/mol. The largest absolute Gasteiger partial charge is 1.00 e. The fraction of sp³-hybridized carbons (Fsp3) is 0.562. The molecular formula is C32H57Na2O9PS. The average Bonchev–Trinajstić information content (AvgIpc) is 2.95. The topological polar surface area (TPSA) is 145 Å². The summed E-state index contributed by atoms with van der Waals surface area (Å²) in [5, 5.41) is 11.0. The fourth-order valence-corrected chi connectivity index (χ4v) is 3.63. The number of unbranched alkanes of at least 4 members (excludes halogenated alkanes) is 10. The molecule has 0 bridgehead atoms. The number of aliphatic hydroxyl groups is 1. The van der Waals surface area contributed by atoms with Gasteiger partial charge in [-0.25, -0.2) is 0 Å². The molecule has 0 amide bonds. The maximum absolute atomic E-state index is 11.8. The van der Waals surface area contributed by atoms with Gasteiger partial charge in [0.1, 0.15) is 12.9 Å². The van der Waals surface area contributed by atoms with Gasteiger partial charge in [-0.05, 0) is 70.9 Å². The van der Waals surface area contributed by atoms with Crippen molar-refractivity contribution >= 4 is 30.7 Å². The van der Waals surface area contributed by atoms with Crippen LogP contribution in [0.4, 0.5) is 0 Å². The minimum Gasteiger partial charge on any atom is -0.790 e. The van der Waals surface area contributed by atoms with Gasteiger partial charge >= 0.3 is 65.1 Å². The molecule has 0 aliphatic rings. The SMILES string of the molecule is C#CC#CC#CC#CC#CC#CSC(C)=O.CCCCCCCCCCCCCC(=O)O[C@@H](COCO)COP(=O)([O-])[O-].[HH].[HH].[HH].[HH].[HH].[HH].[HH].[HH].[HH].[Na+].[Na+]. The van der Waals surface area contributed by atoms with Crippen molar-refractivity contribution in [1.82, 2.24) is 0 Å². The third-order valence-electron chi connectivity index (χ3n) is 4.91. The van der Waals surface area contributed by atoms with Crippen LogP contribution >= 0.6 is 19.6 Å². The van der Waals surface area contributed by atoms with Crippen LogP contribution in [0.3, 0.4) is 0 Å². The van der Waals surface area contributed by atoms with Gasteiger partial charge in [0.05, 0.1) is 21.0 Å². The molecule has 0 heterocycles. The number of hydrogen-bond acceptors (Lipinski definition) is 10. The van der Waals surface area contributed by atoms with Crippen LogP contribution in [0.15, 0.2) is 0 Å². The number of ether oxygens (including phenoxy) is 2. The van der Waals surface area contributed by atoms with Crippen molar-refractivity contribution in [2.24, 2.45) is 0 Å². The number of phosphoric acid groups is 1. The minimum absolute atomic E-state index is 0. The van der Waals surface area contributed by atoms with Gasteiger partial charge in [0, 0.05) is 37.9 Å². The Morgan fingerprint density at radius 1 is 0.822 bits per heavy atom. The van der Waals surface area contributed by atoms with E-state index in [1.807, 2.05) is 0 Å². The Hall–Kier alpha value is -1.12. The van der Waals surface area contributed by atoms with E-state index >= 15 is 0 Å². The Balaban J connectivity index is -0.0000000506. The monoisotopic (exact) mass is 694 g/mol. The smallest absolute Gasteiger partial charge is 0.790 e. The number of aliphatic hydroxyl groups excluding tert-OH is 1. The fourth-order valence-electron chi connectivity index (χ4n) is 3.03. The molecule has 0 aromatic rings. The maximum Gasteiger partial charge on any atom is 1.00 e. The molecule has 0 aromatic carbocycles. The number of esters is 1. The second kappa shape index (κ2) is 39.1. The summed E-state index contributed by atoms with van der Waals surface area (Å²) >= 11 is 0.893. The number of hydrogen-bond donors (Lipinski definition) is 1. The molecule has 0 aliphatic heterocycles. The summed E-state index contributed by atoms with van der Waals surface area (Å²) < 4.78 is 24.3. The normalized spacial score (nSPS) is 9.51. The molecule has 45 heavy (non-hydrogen) atoms. The third-order valence-corrected chi connectivity index (χ3v) is 5.87. The maximum atomic E-state index is 11.8. The number of phosphoric ester groups is 1. The number of carbonyl (C=O) groups excluding carboxylic acids is 2. The second-order valence-corrected chi connectivity index (χ2v) is 10.7. The minimum atomic E-state index is -5.15. The molecule has 13 heteroatoms. The van der Waals surface area contributed by atoms with Crippen LogP contribution in [-0.4, -0.2) is 42.3 Å². The summed E-state index contributed by atoms with van der Waals surface area (Å²) in [6, 6.07) is 0. The predicted molar refractivity (Wildman–Crippen MR) is 183 cm³/mol. The first kappa shape index (κ1) is 50.7. The van der Waals surface area contributed by atoms with Crippen molar-refractivity contribution < 1.29 is 115 Å². The molecule has 0 aromatic heterocycles. The number of terminal acetylenes is 1. The summed E-state index contributed by atoms with van der Waals surface area (Å²) in [7, 11) is -5.15. The third kappa shape index (κ3) is 47.4. The number of thioether (sulfide) groups is 1. The van der Waals surface area contributed by atoms with E-state index in [0.29, 0.717) is 6.42 Å². The molecule has 0 fully saturated rings. The van der Waals surface area contributed by atoms with Crippen LogP contribution in [0.25, 0.3) is 0 Å². The van der Waals surface area contributed by atoms with Crippen LogP contribution < -0.4 is 68.9 Å². The zero-order chi connectivity index (χ0) is 32.4. The van der Waals surface area contributed by atoms with Crippen molar-refractivity contribution in [2.75, 3.05) is 20.0 Å². The average molecular weight is 695 g/mol. The summed E-state index contributed by atoms with van der Waals surface area (Å²) in [5.74, 6) is 23.4. The molecule has 1 atom stereocenters. The zero-order valence-electron chi connectivity index (χ0n) is 26.8. The Morgan fingerprint density at radius 2 is 1.29 bits per heavy atom. The van der Waals surface area contributed by atoms with Gasteiger partial charge in [-0.2, -0.15) is 0 Å². The molecule has 252 valence electrons. The Morgan fingerprint density at radius 3 is 1.73 bits per heavy atom. The van der Waals surface area contributed by atoms with Crippen LogP contribution in [0.5, 0.6) is 0 Å². The summed E-state index contributed by atoms with van der Waals surface area (Å²) in [6.45, 7) is 2.16. The first-order valence-corrected chi connectivity index (χ1v) is 16.1. The first-order valence-electron chi connectivity index (χ1n) is 13.8. The Labute approximate surface area is 331 Å². The van der Waals surface area contributed by atoms with Gasteiger partial charge < -0.3 is 33.5 Å². The van der Waals surface area contributed by atoms with Gasteiger partial charge in [-0.1, -0.05) is 71.1 Å². The van der Waals surface area contributed by atoms with Gasteiger partial charge in [-0.3, -0.25) is 9.59 Å². The van der Waals surface area contributed by atoms with E-state index in [4.69, 9.17) is 16.3 Å². The molecule has 0 unspecified atom stereocenters. The summed E-state index contributed by atoms with van der Waals surface area (Å²) in [6.07, 6.45) is 16.9. The van der Waals surface area contributed by atoms with Crippen molar-refractivity contribution in [2.45, 2.75) is 97.0 Å². The molecule has 1 N–H and O–H groups in total. The number of rotatable bonds is 19. The molecule has 0 saturated heterocycles. The summed E-state index contributed by atoms with van der Waals surface area (Å²) in [4.78, 5) is 43.2. The van der Waals surface area contributed by atoms with E-state index in [0.717, 1.165) is 31.0 Å². The molecule has 0 radical (unpaired) electrons. The molecule has 0 spiro atoms. The van der Waals surface area contributed by atoms with Crippen molar-refractivity contribution in [3.63, 3.8) is 0 Å².